The molecule has 6 atom stereocenters. The highest BCUT2D eigenvalue weighted by Gasteiger charge is 2.45. The lowest BCUT2D eigenvalue weighted by Crippen LogP contribution is -2.55. The van der Waals surface area contributed by atoms with Crippen molar-refractivity contribution in [2.24, 2.45) is 0 Å². The van der Waals surface area contributed by atoms with E-state index in [1.54, 1.807) is 0 Å². The maximum atomic E-state index is 13.8. The van der Waals surface area contributed by atoms with Crippen LogP contribution in [-0.2, 0) is 50.6 Å². The van der Waals surface area contributed by atoms with E-state index in [1.165, 1.54) is 0 Å². The van der Waals surface area contributed by atoms with Crippen LogP contribution < -0.4 is 0 Å². The van der Waals surface area contributed by atoms with Crippen molar-refractivity contribution in [1.82, 2.24) is 0 Å². The summed E-state index contributed by atoms with van der Waals surface area (Å²) in [6.45, 7) is 15.0. The molecule has 0 unspecified atom stereocenters. The minimum absolute atomic E-state index is 0.0351. The van der Waals surface area contributed by atoms with Crippen LogP contribution >= 0.6 is 0 Å². The molecule has 0 radical (unpaired) electrons. The van der Waals surface area contributed by atoms with E-state index in [0.717, 1.165) is 60.2 Å². The van der Waals surface area contributed by atoms with Crippen LogP contribution in [0.25, 0.3) is 0 Å². The highest BCUT2D eigenvalue weighted by Crippen LogP contribution is 2.34. The van der Waals surface area contributed by atoms with E-state index in [0.29, 0.717) is 32.8 Å². The molecule has 0 aromatic heterocycles. The van der Waals surface area contributed by atoms with Gasteiger partial charge in [-0.05, 0) is 60.2 Å². The van der Waals surface area contributed by atoms with Crippen molar-refractivity contribution in [3.63, 3.8) is 0 Å². The maximum absolute atomic E-state index is 13.8. The zero-order chi connectivity index (χ0) is 36.7. The summed E-state index contributed by atoms with van der Waals surface area (Å²) in [5.74, 6) is -0.852. The first-order valence-corrected chi connectivity index (χ1v) is 24.7. The van der Waals surface area contributed by atoms with Crippen molar-refractivity contribution in [2.75, 3.05) is 13.2 Å². The van der Waals surface area contributed by atoms with Gasteiger partial charge in [0.25, 0.3) is 0 Å². The Kier molecular flexibility index (Phi) is 17.2. The van der Waals surface area contributed by atoms with Crippen LogP contribution in [0.1, 0.15) is 84.8 Å². The predicted octanol–water partition coefficient (Wildman–Crippen LogP) is 8.82. The first-order valence-electron chi connectivity index (χ1n) is 19.7. The van der Waals surface area contributed by atoms with Gasteiger partial charge in [0.15, 0.2) is 16.6 Å². The molecule has 2 saturated heterocycles. The molecule has 4 rings (SSSR count). The Bertz CT molecular complexity index is 1290. The molecule has 284 valence electrons. The number of benzene rings is 2. The van der Waals surface area contributed by atoms with E-state index in [1.807, 2.05) is 48.5 Å². The molecule has 0 saturated carbocycles. The van der Waals surface area contributed by atoms with Crippen molar-refractivity contribution < 1.29 is 37.4 Å². The Morgan fingerprint density at radius 3 is 1.71 bits per heavy atom. The van der Waals surface area contributed by atoms with Gasteiger partial charge in [0, 0.05) is 25.9 Å². The van der Waals surface area contributed by atoms with E-state index in [4.69, 9.17) is 27.8 Å². The van der Waals surface area contributed by atoms with Crippen LogP contribution in [0.2, 0.25) is 36.3 Å². The fourth-order valence-electron chi connectivity index (χ4n) is 7.58. The molecule has 0 amide bonds. The largest absolute Gasteiger partial charge is 0.411 e. The van der Waals surface area contributed by atoms with Crippen LogP contribution in [0.3, 0.4) is 0 Å². The second-order valence-corrected chi connectivity index (χ2v) is 23.8. The van der Waals surface area contributed by atoms with E-state index in [-0.39, 0.29) is 31.2 Å². The van der Waals surface area contributed by atoms with Crippen molar-refractivity contribution in [1.29, 1.82) is 0 Å². The summed E-state index contributed by atoms with van der Waals surface area (Å²) in [5.41, 5.74) is 2.15. The van der Waals surface area contributed by atoms with Gasteiger partial charge in [-0.25, -0.2) is 0 Å². The number of hydrogen-bond donors (Lipinski definition) is 0. The Balaban J connectivity index is 1.52. The van der Waals surface area contributed by atoms with Gasteiger partial charge in [-0.3, -0.25) is 9.59 Å². The smallest absolute Gasteiger partial charge is 0.201 e. The molecule has 2 heterocycles. The van der Waals surface area contributed by atoms with Crippen LogP contribution in [0.5, 0.6) is 0 Å². The molecule has 0 spiro atoms. The molecule has 2 aliphatic rings. The van der Waals surface area contributed by atoms with Gasteiger partial charge in [-0.1, -0.05) is 102 Å². The summed E-state index contributed by atoms with van der Waals surface area (Å²) in [6.07, 6.45) is 0.0747. The first kappa shape index (κ1) is 41.7. The van der Waals surface area contributed by atoms with Gasteiger partial charge in [0.1, 0.15) is 6.10 Å². The molecule has 2 aromatic rings. The number of rotatable bonds is 22. The van der Waals surface area contributed by atoms with E-state index in [9.17, 15) is 9.59 Å². The van der Waals surface area contributed by atoms with Gasteiger partial charge in [-0.2, -0.15) is 0 Å². The summed E-state index contributed by atoms with van der Waals surface area (Å²) < 4.78 is 39.6. The van der Waals surface area contributed by atoms with Crippen molar-refractivity contribution in [3.8, 4) is 0 Å². The lowest BCUT2D eigenvalue weighted by Gasteiger charge is -2.44. The van der Waals surface area contributed by atoms with Crippen LogP contribution in [0.15, 0.2) is 60.7 Å². The molecular formula is C41H64O8Si2. The monoisotopic (exact) mass is 740 g/mol. The summed E-state index contributed by atoms with van der Waals surface area (Å²) in [4.78, 5) is 27.5. The summed E-state index contributed by atoms with van der Waals surface area (Å²) >= 11 is 0. The third kappa shape index (κ3) is 12.0. The number of hydrogen-bond acceptors (Lipinski definition) is 8. The molecule has 8 nitrogen and oxygen atoms in total. The van der Waals surface area contributed by atoms with E-state index >= 15 is 0 Å². The Labute approximate surface area is 309 Å². The van der Waals surface area contributed by atoms with Crippen LogP contribution in [-0.4, -0.2) is 78.0 Å². The summed E-state index contributed by atoms with van der Waals surface area (Å²) in [5, 5.41) is 0. The molecule has 51 heavy (non-hydrogen) atoms. The molecule has 2 fully saturated rings. The average molecular weight is 741 g/mol. The normalized spacial score (nSPS) is 24.4. The Hall–Kier alpha value is -2.03. The average Bonchev–Trinajstić information content (AvgIpc) is 3.17. The van der Waals surface area contributed by atoms with Crippen LogP contribution in [0.4, 0.5) is 0 Å². The van der Waals surface area contributed by atoms with Crippen molar-refractivity contribution in [2.45, 2.75) is 160 Å². The maximum Gasteiger partial charge on any atom is 0.201 e. The quantitative estimate of drug-likeness (QED) is 0.0875. The first-order chi connectivity index (χ1) is 24.7. The molecule has 10 heteroatoms. The second kappa shape index (κ2) is 21.0. The van der Waals surface area contributed by atoms with Gasteiger partial charge >= 0.3 is 0 Å². The molecule has 2 aliphatic heterocycles. The zero-order valence-electron chi connectivity index (χ0n) is 32.1. The van der Waals surface area contributed by atoms with E-state index < -0.39 is 46.5 Å². The van der Waals surface area contributed by atoms with Gasteiger partial charge in [0.05, 0.1) is 50.3 Å². The fraction of sp³-hybridized carbons (Fsp3) is 0.659. The Morgan fingerprint density at radius 2 is 1.16 bits per heavy atom. The SMILES string of the molecule is CC[Si](CC)(CC)O[C@H]1CCCO[C@@H]1CC(=O)C(=O)C[C@@H]1O[C@H](COCc2ccccc2)[C@@H](OCc2ccccc2)C[C@H]1O[Si](CC)(CC)CC. The number of carbonyl (C=O) groups is 2. The van der Waals surface area contributed by atoms with Gasteiger partial charge < -0.3 is 27.8 Å². The Morgan fingerprint density at radius 1 is 0.647 bits per heavy atom. The zero-order valence-corrected chi connectivity index (χ0v) is 34.1. The molecule has 0 bridgehead atoms. The lowest BCUT2D eigenvalue weighted by molar-refractivity contribution is -0.200. The van der Waals surface area contributed by atoms with Crippen LogP contribution in [0, 0.1) is 0 Å². The van der Waals surface area contributed by atoms with Crippen molar-refractivity contribution >= 4 is 28.2 Å². The highest BCUT2D eigenvalue weighted by atomic mass is 28.4. The standard InChI is InChI=1S/C41H64O8Si2/c1-7-50(8-2,9-3)48-36-24-19-25-45-37(36)26-34(42)35(43)27-39-40(49-51(10-4,11-5)12-6)28-38(46-30-33-22-17-14-18-23-33)41(47-39)31-44-29-32-20-15-13-16-21-32/h13-18,20-23,36-41H,7-12,19,24-31H2,1-6H3/t36-,37+,38-,39-,40+,41+/m0/s1. The fourth-order valence-corrected chi connectivity index (χ4v) is 13.4. The summed E-state index contributed by atoms with van der Waals surface area (Å²) in [6, 6.07) is 26.1. The second-order valence-electron chi connectivity index (χ2n) is 14.4. The van der Waals surface area contributed by atoms with Gasteiger partial charge in [0.2, 0.25) is 11.6 Å². The van der Waals surface area contributed by atoms with Gasteiger partial charge in [-0.15, -0.1) is 0 Å². The minimum atomic E-state index is -2.11. The molecule has 2 aromatic carbocycles. The van der Waals surface area contributed by atoms with E-state index in [2.05, 4.69) is 53.7 Å². The molecule has 0 aliphatic carbocycles. The minimum Gasteiger partial charge on any atom is -0.411 e. The number of ketones is 2. The number of Topliss-reactive ketones (excluding diaryl/α,β-unsaturated/α-hetero) is 2. The third-order valence-corrected chi connectivity index (χ3v) is 20.8. The number of ether oxygens (including phenoxy) is 4. The molecular weight excluding hydrogens is 677 g/mol. The summed E-state index contributed by atoms with van der Waals surface area (Å²) in [7, 11) is -4.02. The van der Waals surface area contributed by atoms with Crippen molar-refractivity contribution in [3.05, 3.63) is 71.8 Å². The topological polar surface area (TPSA) is 89.5 Å². The molecule has 0 N–H and O–H groups in total. The number of carbonyl (C=O) groups excluding carboxylic acids is 2. The third-order valence-electron chi connectivity index (χ3n) is 11.5. The predicted molar refractivity (Wildman–Crippen MR) is 207 cm³/mol. The highest BCUT2D eigenvalue weighted by molar-refractivity contribution is 6.74. The lowest BCUT2D eigenvalue weighted by atomic mass is 9.92.